The lowest BCUT2D eigenvalue weighted by Crippen LogP contribution is -2.55. The first-order chi connectivity index (χ1) is 24.6. The van der Waals surface area contributed by atoms with Crippen LogP contribution in [0.3, 0.4) is 0 Å². The number of nitrogens with zero attached hydrogens (tertiary/aromatic N) is 3. The molecule has 5 N–H and O–H groups in total. The van der Waals surface area contributed by atoms with Gasteiger partial charge in [-0.25, -0.2) is 0 Å². The van der Waals surface area contributed by atoms with E-state index in [1.54, 1.807) is 26.2 Å². The Labute approximate surface area is 313 Å². The molecule has 1 aromatic rings. The highest BCUT2D eigenvalue weighted by Gasteiger charge is 2.42. The highest BCUT2D eigenvalue weighted by Crippen LogP contribution is 2.29. The number of benzene rings is 1. The Morgan fingerprint density at radius 1 is 0.981 bits per heavy atom. The summed E-state index contributed by atoms with van der Waals surface area (Å²) in [6.45, 7) is 13.4. The van der Waals surface area contributed by atoms with Gasteiger partial charge in [0.05, 0.1) is 49.2 Å². The van der Waals surface area contributed by atoms with Crippen molar-refractivity contribution in [3.8, 4) is 0 Å². The number of nitrogens with two attached hydrogens (primary N) is 1. The second kappa shape index (κ2) is 22.1. The van der Waals surface area contributed by atoms with Crippen molar-refractivity contribution in [3.05, 3.63) is 29.8 Å². The van der Waals surface area contributed by atoms with Crippen molar-refractivity contribution in [2.45, 2.75) is 110 Å². The van der Waals surface area contributed by atoms with Gasteiger partial charge in [0.1, 0.15) is 0 Å². The van der Waals surface area contributed by atoms with E-state index in [0.29, 0.717) is 19.4 Å². The van der Waals surface area contributed by atoms with E-state index in [1.165, 1.54) is 0 Å². The average molecular weight is 732 g/mol. The number of hydrogen-bond donors (Lipinski definition) is 4. The second-order valence-electron chi connectivity index (χ2n) is 14.9. The summed E-state index contributed by atoms with van der Waals surface area (Å²) in [6.07, 6.45) is 1.79. The molecule has 0 radical (unpaired) electrons. The maximum Gasteiger partial charge on any atom is 0.242 e. The van der Waals surface area contributed by atoms with Gasteiger partial charge in [0.15, 0.2) is 0 Å². The molecule has 4 amide bonds. The summed E-state index contributed by atoms with van der Waals surface area (Å²) in [5, 5.41) is 9.22. The number of hydrogen-bond acceptors (Lipinski definition) is 9. The molecule has 52 heavy (non-hydrogen) atoms. The highest BCUT2D eigenvalue weighted by atomic mass is 16.5. The summed E-state index contributed by atoms with van der Waals surface area (Å²) in [5.41, 5.74) is 8.21. The van der Waals surface area contributed by atoms with Gasteiger partial charge in [-0.05, 0) is 69.8 Å². The fourth-order valence-electron chi connectivity index (χ4n) is 7.62. The van der Waals surface area contributed by atoms with Gasteiger partial charge in [-0.1, -0.05) is 53.2 Å². The van der Waals surface area contributed by atoms with Gasteiger partial charge in [0.25, 0.3) is 0 Å². The summed E-state index contributed by atoms with van der Waals surface area (Å²) in [5.74, 6) is -1.20. The summed E-state index contributed by atoms with van der Waals surface area (Å²) in [6, 6.07) is 6.79. The summed E-state index contributed by atoms with van der Waals surface area (Å²) in [4.78, 5) is 59.3. The Morgan fingerprint density at radius 2 is 1.63 bits per heavy atom. The predicted octanol–water partition coefficient (Wildman–Crippen LogP) is 2.73. The van der Waals surface area contributed by atoms with E-state index in [0.717, 1.165) is 30.6 Å². The average Bonchev–Trinajstić information content (AvgIpc) is 3.60. The fraction of sp³-hybridized carbons (Fsp3) is 0.744. The molecule has 1 saturated heterocycles. The number of amides is 4. The van der Waals surface area contributed by atoms with Crippen LogP contribution in [0.25, 0.3) is 0 Å². The van der Waals surface area contributed by atoms with Gasteiger partial charge < -0.3 is 41.0 Å². The minimum Gasteiger partial charge on any atom is -0.385 e. The molecule has 0 aliphatic carbocycles. The predicted molar refractivity (Wildman–Crippen MR) is 207 cm³/mol. The lowest BCUT2D eigenvalue weighted by molar-refractivity contribution is -0.146. The van der Waals surface area contributed by atoms with E-state index in [4.69, 9.17) is 15.2 Å². The SMILES string of the molecule is CCNc1ccc(C[C@@H](CN)NC(=O)[C@H](C)[C@@H](OC)[C@@H]2CCCN2C(=O)C[C@@H](OC)[C@H]([C@@H](C)CC)N(C)C(=O)CNC(=O)C(C(C)C)N(C)C)cc1. The third-order valence-electron chi connectivity index (χ3n) is 10.6. The maximum absolute atomic E-state index is 14.1. The molecule has 296 valence electrons. The summed E-state index contributed by atoms with van der Waals surface area (Å²) in [7, 11) is 8.55. The van der Waals surface area contributed by atoms with Crippen LogP contribution in [0.15, 0.2) is 24.3 Å². The molecule has 1 fully saturated rings. The lowest BCUT2D eigenvalue weighted by atomic mass is 9.90. The Hall–Kier alpha value is -3.26. The van der Waals surface area contributed by atoms with Crippen LogP contribution < -0.4 is 21.7 Å². The third kappa shape index (κ3) is 12.4. The van der Waals surface area contributed by atoms with E-state index in [9.17, 15) is 19.2 Å². The summed E-state index contributed by atoms with van der Waals surface area (Å²) < 4.78 is 11.9. The molecule has 0 spiro atoms. The van der Waals surface area contributed by atoms with Crippen LogP contribution in [0.4, 0.5) is 5.69 Å². The topological polar surface area (TPSA) is 159 Å². The standard InChI is InChI=1S/C39H69N7O6/c1-12-26(5)36(45(9)34(48)24-42-39(50)35(25(3)4)44(7)8)32(51-10)22-33(47)46-20-14-15-31(46)37(52-11)27(6)38(49)43-30(23-40)21-28-16-18-29(19-17-28)41-13-2/h16-19,25-27,30-32,35-37,41H,12-15,20-24,40H2,1-11H3,(H,42,50)(H,43,49)/t26-,27+,30-,31-,32+,35?,36-,37+/m0/s1. The Kier molecular flexibility index (Phi) is 19.1. The maximum atomic E-state index is 14.1. The number of likely N-dealkylation sites (tertiary alicyclic amines) is 1. The molecule has 1 unspecified atom stereocenters. The van der Waals surface area contributed by atoms with E-state index in [2.05, 4.69) is 16.0 Å². The zero-order chi connectivity index (χ0) is 39.1. The van der Waals surface area contributed by atoms with Gasteiger partial charge in [0.2, 0.25) is 23.6 Å². The van der Waals surface area contributed by atoms with Gasteiger partial charge >= 0.3 is 0 Å². The monoisotopic (exact) mass is 732 g/mol. The van der Waals surface area contributed by atoms with Gasteiger partial charge in [-0.3, -0.25) is 24.1 Å². The lowest BCUT2D eigenvalue weighted by Gasteiger charge is -2.39. The minimum absolute atomic E-state index is 0.0128. The molecule has 1 heterocycles. The number of anilines is 1. The van der Waals surface area contributed by atoms with E-state index >= 15 is 0 Å². The van der Waals surface area contributed by atoms with Gasteiger partial charge in [-0.2, -0.15) is 0 Å². The quantitative estimate of drug-likeness (QED) is 0.141. The summed E-state index contributed by atoms with van der Waals surface area (Å²) >= 11 is 0. The number of carbonyl (C=O) groups is 4. The molecule has 0 aromatic heterocycles. The largest absolute Gasteiger partial charge is 0.385 e. The van der Waals surface area contributed by atoms with E-state index < -0.39 is 24.2 Å². The first-order valence-corrected chi connectivity index (χ1v) is 19.0. The molecule has 1 aliphatic rings. The van der Waals surface area contributed by atoms with Crippen molar-refractivity contribution in [2.75, 3.05) is 66.9 Å². The molecule has 8 atom stereocenters. The van der Waals surface area contributed by atoms with Crippen molar-refractivity contribution in [3.63, 3.8) is 0 Å². The van der Waals surface area contributed by atoms with E-state index in [1.807, 2.05) is 89.7 Å². The number of likely N-dealkylation sites (N-methyl/N-ethyl adjacent to an activating group) is 2. The number of rotatable bonds is 22. The van der Waals surface area contributed by atoms with Crippen molar-refractivity contribution < 1.29 is 28.7 Å². The molecule has 13 nitrogen and oxygen atoms in total. The normalized spacial score (nSPS) is 18.7. The van der Waals surface area contributed by atoms with Crippen molar-refractivity contribution in [1.82, 2.24) is 25.3 Å². The number of nitrogens with one attached hydrogen (secondary N) is 3. The van der Waals surface area contributed by atoms with Crippen LogP contribution in [0, 0.1) is 17.8 Å². The first kappa shape index (κ1) is 44.9. The third-order valence-corrected chi connectivity index (χ3v) is 10.6. The van der Waals surface area contributed by atoms with Crippen molar-refractivity contribution >= 4 is 29.3 Å². The van der Waals surface area contributed by atoms with Crippen molar-refractivity contribution in [1.29, 1.82) is 0 Å². The van der Waals surface area contributed by atoms with Gasteiger partial charge in [0, 0.05) is 52.6 Å². The highest BCUT2D eigenvalue weighted by molar-refractivity contribution is 5.87. The molecule has 1 aliphatic heterocycles. The number of carbonyl (C=O) groups excluding carboxylic acids is 4. The zero-order valence-electron chi connectivity index (χ0n) is 33.7. The van der Waals surface area contributed by atoms with Crippen LogP contribution in [0.5, 0.6) is 0 Å². The molecule has 13 heteroatoms. The molecular formula is C39H69N7O6. The van der Waals surface area contributed by atoms with Crippen LogP contribution in [0.1, 0.15) is 72.8 Å². The second-order valence-corrected chi connectivity index (χ2v) is 14.9. The van der Waals surface area contributed by atoms with Gasteiger partial charge in [-0.15, -0.1) is 0 Å². The number of methoxy groups -OCH3 is 2. The Balaban J connectivity index is 2.14. The van der Waals surface area contributed by atoms with Crippen LogP contribution in [0.2, 0.25) is 0 Å². The smallest absolute Gasteiger partial charge is 0.242 e. The minimum atomic E-state index is -0.586. The molecule has 0 bridgehead atoms. The van der Waals surface area contributed by atoms with Crippen LogP contribution in [-0.4, -0.2) is 136 Å². The Morgan fingerprint density at radius 3 is 2.15 bits per heavy atom. The molecule has 2 rings (SSSR count). The van der Waals surface area contributed by atoms with E-state index in [-0.39, 0.29) is 73.1 Å². The first-order valence-electron chi connectivity index (χ1n) is 19.0. The zero-order valence-corrected chi connectivity index (χ0v) is 33.7. The molecular weight excluding hydrogens is 662 g/mol. The van der Waals surface area contributed by atoms with Crippen LogP contribution in [-0.2, 0) is 35.1 Å². The Bertz CT molecular complexity index is 1250. The van der Waals surface area contributed by atoms with Crippen molar-refractivity contribution in [2.24, 2.45) is 23.5 Å². The number of ether oxygens (including phenoxy) is 2. The molecule has 1 aromatic carbocycles. The van der Waals surface area contributed by atoms with Crippen LogP contribution >= 0.6 is 0 Å². The fourth-order valence-corrected chi connectivity index (χ4v) is 7.62. The molecule has 0 saturated carbocycles.